The number of hydrogen-bond donors (Lipinski definition) is 2. The maximum absolute atomic E-state index is 13.4. The molecule has 4 nitrogen and oxygen atoms in total. The first kappa shape index (κ1) is 15.6. The second kappa shape index (κ2) is 7.83. The SMILES string of the molecule is O=C(CSc1ccccc1F)NNC(=O)[C@@H]1CC=CCC1. The lowest BCUT2D eigenvalue weighted by Gasteiger charge is -2.17. The Morgan fingerprint density at radius 1 is 1.24 bits per heavy atom. The number of rotatable bonds is 4. The van der Waals surface area contributed by atoms with E-state index in [1.54, 1.807) is 18.2 Å². The van der Waals surface area contributed by atoms with Crippen molar-refractivity contribution in [3.05, 3.63) is 42.2 Å². The molecule has 0 bridgehead atoms. The number of nitrogens with one attached hydrogen (secondary N) is 2. The molecule has 1 atom stereocenters. The third kappa shape index (κ3) is 4.90. The molecule has 2 rings (SSSR count). The summed E-state index contributed by atoms with van der Waals surface area (Å²) in [6.07, 6.45) is 6.40. The van der Waals surface area contributed by atoms with Crippen LogP contribution in [0.15, 0.2) is 41.3 Å². The van der Waals surface area contributed by atoms with Gasteiger partial charge in [-0.15, -0.1) is 11.8 Å². The average molecular weight is 308 g/mol. The molecule has 0 aliphatic heterocycles. The number of hydrogen-bond acceptors (Lipinski definition) is 3. The zero-order chi connectivity index (χ0) is 15.1. The van der Waals surface area contributed by atoms with Crippen LogP contribution in [0.3, 0.4) is 0 Å². The number of thioether (sulfide) groups is 1. The molecule has 6 heteroatoms. The smallest absolute Gasteiger partial charge is 0.248 e. The Morgan fingerprint density at radius 2 is 2.05 bits per heavy atom. The van der Waals surface area contributed by atoms with Crippen LogP contribution in [-0.2, 0) is 9.59 Å². The first-order chi connectivity index (χ1) is 10.2. The van der Waals surface area contributed by atoms with E-state index in [0.717, 1.165) is 24.6 Å². The lowest BCUT2D eigenvalue weighted by Crippen LogP contribution is -2.45. The van der Waals surface area contributed by atoms with Gasteiger partial charge >= 0.3 is 0 Å². The van der Waals surface area contributed by atoms with E-state index in [4.69, 9.17) is 0 Å². The maximum atomic E-state index is 13.4. The van der Waals surface area contributed by atoms with Crippen LogP contribution >= 0.6 is 11.8 Å². The average Bonchev–Trinajstić information content (AvgIpc) is 2.52. The molecule has 112 valence electrons. The molecule has 1 aromatic rings. The lowest BCUT2D eigenvalue weighted by atomic mass is 9.94. The molecule has 0 aromatic heterocycles. The summed E-state index contributed by atoms with van der Waals surface area (Å²) < 4.78 is 13.4. The van der Waals surface area contributed by atoms with Gasteiger partial charge in [0.15, 0.2) is 0 Å². The van der Waals surface area contributed by atoms with Crippen molar-refractivity contribution in [2.75, 3.05) is 5.75 Å². The molecular formula is C15H17FN2O2S. The minimum Gasteiger partial charge on any atom is -0.273 e. The van der Waals surface area contributed by atoms with Crippen molar-refractivity contribution in [2.45, 2.75) is 24.2 Å². The summed E-state index contributed by atoms with van der Waals surface area (Å²) in [5.41, 5.74) is 4.79. The van der Waals surface area contributed by atoms with Crippen LogP contribution in [0.4, 0.5) is 4.39 Å². The summed E-state index contributed by atoms with van der Waals surface area (Å²) in [5, 5.41) is 0. The van der Waals surface area contributed by atoms with Gasteiger partial charge in [-0.05, 0) is 31.4 Å². The van der Waals surface area contributed by atoms with Crippen molar-refractivity contribution in [1.29, 1.82) is 0 Å². The molecule has 0 spiro atoms. The summed E-state index contributed by atoms with van der Waals surface area (Å²) >= 11 is 1.09. The highest BCUT2D eigenvalue weighted by Gasteiger charge is 2.18. The third-order valence-corrected chi connectivity index (χ3v) is 4.21. The first-order valence-corrected chi connectivity index (χ1v) is 7.76. The molecule has 21 heavy (non-hydrogen) atoms. The highest BCUT2D eigenvalue weighted by Crippen LogP contribution is 2.20. The van der Waals surface area contributed by atoms with Gasteiger partial charge in [0.1, 0.15) is 5.82 Å². The van der Waals surface area contributed by atoms with E-state index in [1.807, 2.05) is 12.2 Å². The quantitative estimate of drug-likeness (QED) is 0.510. The molecule has 0 saturated carbocycles. The first-order valence-electron chi connectivity index (χ1n) is 6.78. The summed E-state index contributed by atoms with van der Waals surface area (Å²) in [4.78, 5) is 23.8. The molecule has 0 unspecified atom stereocenters. The topological polar surface area (TPSA) is 58.2 Å². The predicted molar refractivity (Wildman–Crippen MR) is 79.9 cm³/mol. The number of amides is 2. The lowest BCUT2D eigenvalue weighted by molar-refractivity contribution is -0.130. The minimum absolute atomic E-state index is 0.0474. The van der Waals surface area contributed by atoms with Crippen molar-refractivity contribution < 1.29 is 14.0 Å². The Kier molecular flexibility index (Phi) is 5.80. The number of benzene rings is 1. The van der Waals surface area contributed by atoms with Crippen molar-refractivity contribution in [1.82, 2.24) is 10.9 Å². The minimum atomic E-state index is -0.358. The molecule has 0 radical (unpaired) electrons. The standard InChI is InChI=1S/C15H17FN2O2S/c16-12-8-4-5-9-13(12)21-10-14(19)17-18-15(20)11-6-2-1-3-7-11/h1-2,4-5,8-9,11H,3,6-7,10H2,(H,17,19)(H,18,20)/t11-/m1/s1. The van der Waals surface area contributed by atoms with Crippen LogP contribution in [0, 0.1) is 11.7 Å². The number of hydrazine groups is 1. The highest BCUT2D eigenvalue weighted by atomic mass is 32.2. The molecule has 0 fully saturated rings. The molecule has 1 aliphatic rings. The van der Waals surface area contributed by atoms with E-state index >= 15 is 0 Å². The maximum Gasteiger partial charge on any atom is 0.248 e. The van der Waals surface area contributed by atoms with Crippen LogP contribution in [-0.4, -0.2) is 17.6 Å². The van der Waals surface area contributed by atoms with Crippen LogP contribution in [0.1, 0.15) is 19.3 Å². The Hall–Kier alpha value is -1.82. The van der Waals surface area contributed by atoms with Crippen molar-refractivity contribution >= 4 is 23.6 Å². The molecule has 0 heterocycles. The number of halogens is 1. The van der Waals surface area contributed by atoms with Crippen LogP contribution in [0.5, 0.6) is 0 Å². The Bertz CT molecular complexity index is 548. The summed E-state index contributed by atoms with van der Waals surface area (Å²) in [6.45, 7) is 0. The van der Waals surface area contributed by atoms with E-state index in [2.05, 4.69) is 10.9 Å². The van der Waals surface area contributed by atoms with Gasteiger partial charge in [-0.3, -0.25) is 20.4 Å². The fourth-order valence-electron chi connectivity index (χ4n) is 2.01. The third-order valence-electron chi connectivity index (χ3n) is 3.16. The molecule has 1 aliphatic carbocycles. The number of carbonyl (C=O) groups excluding carboxylic acids is 2. The zero-order valence-corrected chi connectivity index (χ0v) is 12.3. The van der Waals surface area contributed by atoms with Gasteiger partial charge in [0.25, 0.3) is 0 Å². The van der Waals surface area contributed by atoms with Gasteiger partial charge in [-0.2, -0.15) is 0 Å². The largest absolute Gasteiger partial charge is 0.273 e. The van der Waals surface area contributed by atoms with Crippen molar-refractivity contribution in [3.8, 4) is 0 Å². The molecule has 2 N–H and O–H groups in total. The Morgan fingerprint density at radius 3 is 2.76 bits per heavy atom. The summed E-state index contributed by atoms with van der Waals surface area (Å²) in [5.74, 6) is -0.930. The zero-order valence-electron chi connectivity index (χ0n) is 11.5. The molecular weight excluding hydrogens is 291 g/mol. The molecule has 0 saturated heterocycles. The molecule has 1 aromatic carbocycles. The van der Waals surface area contributed by atoms with Crippen LogP contribution in [0.2, 0.25) is 0 Å². The van der Waals surface area contributed by atoms with E-state index in [0.29, 0.717) is 11.3 Å². The number of allylic oxidation sites excluding steroid dienone is 2. The van der Waals surface area contributed by atoms with E-state index in [-0.39, 0.29) is 29.3 Å². The monoisotopic (exact) mass is 308 g/mol. The van der Waals surface area contributed by atoms with Crippen LogP contribution in [0.25, 0.3) is 0 Å². The summed E-state index contributed by atoms with van der Waals surface area (Å²) in [7, 11) is 0. The van der Waals surface area contributed by atoms with E-state index in [1.165, 1.54) is 6.07 Å². The summed E-state index contributed by atoms with van der Waals surface area (Å²) in [6, 6.07) is 6.26. The highest BCUT2D eigenvalue weighted by molar-refractivity contribution is 8.00. The van der Waals surface area contributed by atoms with Gasteiger partial charge in [-0.25, -0.2) is 4.39 Å². The Labute approximate surface area is 127 Å². The normalized spacial score (nSPS) is 17.3. The van der Waals surface area contributed by atoms with Gasteiger partial charge in [0.05, 0.1) is 5.75 Å². The van der Waals surface area contributed by atoms with E-state index in [9.17, 15) is 14.0 Å². The number of carbonyl (C=O) groups is 2. The fourth-order valence-corrected chi connectivity index (χ4v) is 2.75. The van der Waals surface area contributed by atoms with Gasteiger partial charge in [0.2, 0.25) is 11.8 Å². The van der Waals surface area contributed by atoms with E-state index < -0.39 is 0 Å². The second-order valence-electron chi connectivity index (χ2n) is 4.74. The van der Waals surface area contributed by atoms with Crippen molar-refractivity contribution in [3.63, 3.8) is 0 Å². The Balaban J connectivity index is 1.71. The van der Waals surface area contributed by atoms with Crippen molar-refractivity contribution in [2.24, 2.45) is 5.92 Å². The van der Waals surface area contributed by atoms with Gasteiger partial charge in [0, 0.05) is 10.8 Å². The van der Waals surface area contributed by atoms with Crippen LogP contribution < -0.4 is 10.9 Å². The predicted octanol–water partition coefficient (Wildman–Crippen LogP) is 2.42. The van der Waals surface area contributed by atoms with Gasteiger partial charge in [-0.1, -0.05) is 24.3 Å². The van der Waals surface area contributed by atoms with Gasteiger partial charge < -0.3 is 0 Å². The fraction of sp³-hybridized carbons (Fsp3) is 0.333. The second-order valence-corrected chi connectivity index (χ2v) is 5.76. The molecule has 2 amide bonds.